The predicted octanol–water partition coefficient (Wildman–Crippen LogP) is 6.24. The summed E-state index contributed by atoms with van der Waals surface area (Å²) in [5, 5.41) is 13.1. The number of aromatic hydroxyl groups is 1. The maximum atomic E-state index is 12.4. The lowest BCUT2D eigenvalue weighted by molar-refractivity contribution is -0.110. The van der Waals surface area contributed by atoms with Crippen LogP contribution < -0.4 is 5.32 Å². The summed E-state index contributed by atoms with van der Waals surface area (Å²) in [6.07, 6.45) is 1.69. The second-order valence-electron chi connectivity index (χ2n) is 5.05. The monoisotopic (exact) mass is 563 g/mol. The molecule has 2 aromatic rings. The highest BCUT2D eigenvalue weighted by molar-refractivity contribution is 9.11. The van der Waals surface area contributed by atoms with E-state index in [0.29, 0.717) is 15.6 Å². The van der Waals surface area contributed by atoms with Crippen LogP contribution in [0, 0.1) is 6.92 Å². The first-order chi connectivity index (χ1) is 10.8. The number of phenolic OH excluding ortho intramolecular Hbond substituents is 1. The van der Waals surface area contributed by atoms with Crippen molar-refractivity contribution in [2.75, 3.05) is 5.32 Å². The highest BCUT2D eigenvalue weighted by Gasteiger charge is 2.29. The number of anilines is 1. The number of amides is 1. The van der Waals surface area contributed by atoms with E-state index in [2.05, 4.69) is 69.0 Å². The van der Waals surface area contributed by atoms with Gasteiger partial charge in [-0.15, -0.1) is 0 Å². The number of fused-ring (bicyclic) bond motifs is 1. The minimum absolute atomic E-state index is 0.0914. The van der Waals surface area contributed by atoms with Gasteiger partial charge in [0.1, 0.15) is 5.75 Å². The number of nitrogens with one attached hydrogen (secondary N) is 1. The molecule has 118 valence electrons. The zero-order valence-electron chi connectivity index (χ0n) is 11.7. The van der Waals surface area contributed by atoms with Crippen molar-refractivity contribution in [2.45, 2.75) is 6.92 Å². The van der Waals surface area contributed by atoms with Gasteiger partial charge in [-0.25, -0.2) is 0 Å². The van der Waals surface area contributed by atoms with E-state index in [1.165, 1.54) is 0 Å². The molecule has 7 heteroatoms. The minimum Gasteiger partial charge on any atom is -0.506 e. The summed E-state index contributed by atoms with van der Waals surface area (Å²) in [5.74, 6) is -0.105. The number of phenols is 1. The number of carbonyl (C=O) groups excluding carboxylic acids is 1. The zero-order valence-corrected chi connectivity index (χ0v) is 18.0. The molecule has 1 amide bonds. The molecule has 0 aromatic heterocycles. The molecule has 0 spiro atoms. The van der Waals surface area contributed by atoms with Crippen molar-refractivity contribution < 1.29 is 9.90 Å². The highest BCUT2D eigenvalue weighted by Crippen LogP contribution is 2.44. The summed E-state index contributed by atoms with van der Waals surface area (Å²) in [4.78, 5) is 12.4. The van der Waals surface area contributed by atoms with Gasteiger partial charge in [-0.3, -0.25) is 4.79 Å². The van der Waals surface area contributed by atoms with Crippen molar-refractivity contribution in [3.63, 3.8) is 0 Å². The van der Waals surface area contributed by atoms with Crippen LogP contribution in [0.1, 0.15) is 16.7 Å². The SMILES string of the molecule is Cc1c(Br)cc(Br)c2c1C(=Cc1cc(Br)cc(Br)c1O)C(=O)N2. The van der Waals surface area contributed by atoms with Gasteiger partial charge in [0.05, 0.1) is 15.7 Å². The quantitative estimate of drug-likeness (QED) is 0.401. The van der Waals surface area contributed by atoms with Gasteiger partial charge in [-0.2, -0.15) is 0 Å². The van der Waals surface area contributed by atoms with Crippen LogP contribution >= 0.6 is 63.7 Å². The van der Waals surface area contributed by atoms with Gasteiger partial charge in [0.15, 0.2) is 0 Å². The summed E-state index contributed by atoms with van der Waals surface area (Å²) < 4.78 is 3.08. The lowest BCUT2D eigenvalue weighted by atomic mass is 9.99. The molecule has 0 atom stereocenters. The first kappa shape index (κ1) is 17.2. The van der Waals surface area contributed by atoms with E-state index in [1.54, 1.807) is 18.2 Å². The Morgan fingerprint density at radius 1 is 1.04 bits per heavy atom. The van der Waals surface area contributed by atoms with Gasteiger partial charge in [-0.1, -0.05) is 31.9 Å². The molecule has 3 nitrogen and oxygen atoms in total. The first-order valence-electron chi connectivity index (χ1n) is 6.49. The smallest absolute Gasteiger partial charge is 0.256 e. The summed E-state index contributed by atoms with van der Waals surface area (Å²) in [6.45, 7) is 1.94. The van der Waals surface area contributed by atoms with Crippen molar-refractivity contribution in [3.05, 3.63) is 52.8 Å². The molecular weight excluding hydrogens is 558 g/mol. The molecule has 1 heterocycles. The third-order valence-corrected chi connectivity index (χ3v) is 6.10. The van der Waals surface area contributed by atoms with Crippen LogP contribution in [-0.2, 0) is 4.79 Å². The number of hydrogen-bond acceptors (Lipinski definition) is 2. The Labute approximate surface area is 166 Å². The Morgan fingerprint density at radius 2 is 1.74 bits per heavy atom. The van der Waals surface area contributed by atoms with Crippen molar-refractivity contribution in [2.24, 2.45) is 0 Å². The fourth-order valence-corrected chi connectivity index (χ4v) is 4.98. The van der Waals surface area contributed by atoms with Crippen LogP contribution in [0.3, 0.4) is 0 Å². The van der Waals surface area contributed by atoms with Crippen LogP contribution in [-0.4, -0.2) is 11.0 Å². The summed E-state index contributed by atoms with van der Waals surface area (Å²) in [5.41, 5.74) is 3.60. The molecule has 0 radical (unpaired) electrons. The van der Waals surface area contributed by atoms with Gasteiger partial charge >= 0.3 is 0 Å². The van der Waals surface area contributed by atoms with E-state index < -0.39 is 0 Å². The molecule has 0 bridgehead atoms. The topological polar surface area (TPSA) is 49.3 Å². The van der Waals surface area contributed by atoms with E-state index in [9.17, 15) is 9.90 Å². The molecule has 1 aliphatic rings. The van der Waals surface area contributed by atoms with E-state index in [1.807, 2.05) is 13.0 Å². The van der Waals surface area contributed by atoms with Gasteiger partial charge in [0, 0.05) is 24.5 Å². The van der Waals surface area contributed by atoms with Crippen LogP contribution in [0.5, 0.6) is 5.75 Å². The van der Waals surface area contributed by atoms with Gasteiger partial charge < -0.3 is 10.4 Å². The lowest BCUT2D eigenvalue weighted by Crippen LogP contribution is -2.03. The van der Waals surface area contributed by atoms with Crippen LogP contribution in [0.2, 0.25) is 0 Å². The lowest BCUT2D eigenvalue weighted by Gasteiger charge is -2.09. The largest absolute Gasteiger partial charge is 0.506 e. The number of halogens is 4. The average molecular weight is 567 g/mol. The molecule has 0 unspecified atom stereocenters. The van der Waals surface area contributed by atoms with Gasteiger partial charge in [0.25, 0.3) is 5.91 Å². The van der Waals surface area contributed by atoms with Crippen LogP contribution in [0.4, 0.5) is 5.69 Å². The standard InChI is InChI=1S/C16H9Br4NO2/c1-6-10(18)5-11(19)14-13(6)9(16(23)21-14)3-7-2-8(17)4-12(20)15(7)22/h2-5,22H,1H3,(H,21,23). The normalized spacial score (nSPS) is 15.0. The molecule has 0 saturated carbocycles. The molecule has 0 fully saturated rings. The Kier molecular flexibility index (Phi) is 4.75. The summed E-state index contributed by atoms with van der Waals surface area (Å²) in [7, 11) is 0. The molecule has 2 N–H and O–H groups in total. The van der Waals surface area contributed by atoms with Crippen LogP contribution in [0.15, 0.2) is 36.1 Å². The number of carbonyl (C=O) groups is 1. The van der Waals surface area contributed by atoms with E-state index in [0.717, 1.165) is 30.2 Å². The average Bonchev–Trinajstić information content (AvgIpc) is 2.80. The molecular formula is C16H9Br4NO2. The molecule has 0 saturated heterocycles. The molecule has 0 aliphatic carbocycles. The van der Waals surface area contributed by atoms with E-state index in [4.69, 9.17) is 0 Å². The third-order valence-electron chi connectivity index (χ3n) is 3.59. The van der Waals surface area contributed by atoms with Crippen molar-refractivity contribution in [1.82, 2.24) is 0 Å². The van der Waals surface area contributed by atoms with Gasteiger partial charge in [-0.05, 0) is 68.6 Å². The molecule has 23 heavy (non-hydrogen) atoms. The third kappa shape index (κ3) is 3.04. The minimum atomic E-state index is -0.197. The Bertz CT molecular complexity index is 890. The summed E-state index contributed by atoms with van der Waals surface area (Å²) in [6, 6.07) is 5.42. The van der Waals surface area contributed by atoms with Crippen molar-refractivity contribution in [3.8, 4) is 5.75 Å². The maximum Gasteiger partial charge on any atom is 0.256 e. The summed E-state index contributed by atoms with van der Waals surface area (Å²) >= 11 is 13.7. The number of benzene rings is 2. The first-order valence-corrected chi connectivity index (χ1v) is 9.67. The predicted molar refractivity (Wildman–Crippen MR) is 107 cm³/mol. The van der Waals surface area contributed by atoms with E-state index >= 15 is 0 Å². The Morgan fingerprint density at radius 3 is 2.43 bits per heavy atom. The van der Waals surface area contributed by atoms with E-state index in [-0.39, 0.29) is 11.7 Å². The zero-order chi connectivity index (χ0) is 16.9. The Hall–Kier alpha value is -0.630. The van der Waals surface area contributed by atoms with Crippen LogP contribution in [0.25, 0.3) is 11.6 Å². The molecule has 1 aliphatic heterocycles. The Balaban J connectivity index is 2.26. The highest BCUT2D eigenvalue weighted by atomic mass is 79.9. The fraction of sp³-hybridized carbons (Fsp3) is 0.0625. The fourth-order valence-electron chi connectivity index (χ4n) is 2.46. The molecule has 2 aromatic carbocycles. The molecule has 3 rings (SSSR count). The second kappa shape index (κ2) is 6.35. The number of hydrogen-bond donors (Lipinski definition) is 2. The maximum absolute atomic E-state index is 12.4. The number of rotatable bonds is 1. The van der Waals surface area contributed by atoms with Gasteiger partial charge in [0.2, 0.25) is 0 Å². The van der Waals surface area contributed by atoms with Crippen molar-refractivity contribution >= 4 is 87.0 Å². The second-order valence-corrected chi connectivity index (χ2v) is 8.53. The van der Waals surface area contributed by atoms with Crippen molar-refractivity contribution in [1.29, 1.82) is 0 Å².